The second kappa shape index (κ2) is 5.24. The summed E-state index contributed by atoms with van der Waals surface area (Å²) in [5.74, 6) is 1.06. The zero-order valence-electron chi connectivity index (χ0n) is 12.5. The van der Waals surface area contributed by atoms with E-state index >= 15 is 0 Å². The lowest BCUT2D eigenvalue weighted by molar-refractivity contribution is -0.0232. The van der Waals surface area contributed by atoms with Crippen molar-refractivity contribution in [1.82, 2.24) is 0 Å². The van der Waals surface area contributed by atoms with Crippen LogP contribution >= 0.6 is 0 Å². The number of rotatable bonds is 2. The van der Waals surface area contributed by atoms with E-state index in [4.69, 9.17) is 0 Å². The van der Waals surface area contributed by atoms with E-state index in [1.54, 1.807) is 0 Å². The standard InChI is InChI=1S/C17H25FO/c1-11(2)14-5-7-17(19,8-6-14)16-13(4)9-12(3)10-15(16)18/h9-11,14,19H,5-8H2,1-4H3. The Kier molecular flexibility index (Phi) is 4.00. The third-order valence-electron chi connectivity index (χ3n) is 4.70. The first kappa shape index (κ1) is 14.5. The van der Waals surface area contributed by atoms with E-state index in [1.165, 1.54) is 6.07 Å². The molecule has 0 saturated heterocycles. The molecule has 0 aliphatic heterocycles. The first-order valence-electron chi connectivity index (χ1n) is 7.33. The number of benzene rings is 1. The number of aliphatic hydroxyl groups is 1. The highest BCUT2D eigenvalue weighted by Crippen LogP contribution is 2.43. The Morgan fingerprint density at radius 2 is 1.79 bits per heavy atom. The van der Waals surface area contributed by atoms with Gasteiger partial charge in [-0.3, -0.25) is 0 Å². The summed E-state index contributed by atoms with van der Waals surface area (Å²) < 4.78 is 14.2. The van der Waals surface area contributed by atoms with Crippen molar-refractivity contribution in [2.24, 2.45) is 11.8 Å². The minimum absolute atomic E-state index is 0.247. The minimum Gasteiger partial charge on any atom is -0.385 e. The molecule has 1 aromatic carbocycles. The van der Waals surface area contributed by atoms with Crippen molar-refractivity contribution >= 4 is 0 Å². The molecule has 1 aliphatic carbocycles. The predicted octanol–water partition coefficient (Wildman–Crippen LogP) is 4.48. The molecule has 0 aromatic heterocycles. The molecule has 2 heteroatoms. The second-order valence-corrected chi connectivity index (χ2v) is 6.55. The van der Waals surface area contributed by atoms with Crippen molar-refractivity contribution in [1.29, 1.82) is 0 Å². The van der Waals surface area contributed by atoms with E-state index in [1.807, 2.05) is 19.9 Å². The Hall–Kier alpha value is -0.890. The van der Waals surface area contributed by atoms with Crippen molar-refractivity contribution < 1.29 is 9.50 Å². The van der Waals surface area contributed by atoms with Crippen molar-refractivity contribution in [3.8, 4) is 0 Å². The zero-order chi connectivity index (χ0) is 14.2. The summed E-state index contributed by atoms with van der Waals surface area (Å²) in [6, 6.07) is 3.50. The molecule has 0 bridgehead atoms. The van der Waals surface area contributed by atoms with Crippen LogP contribution in [0.25, 0.3) is 0 Å². The maximum atomic E-state index is 14.2. The smallest absolute Gasteiger partial charge is 0.129 e. The monoisotopic (exact) mass is 264 g/mol. The number of halogens is 1. The van der Waals surface area contributed by atoms with Gasteiger partial charge in [0.2, 0.25) is 0 Å². The van der Waals surface area contributed by atoms with Crippen LogP contribution in [0.5, 0.6) is 0 Å². The molecule has 1 aliphatic rings. The maximum absolute atomic E-state index is 14.2. The molecule has 19 heavy (non-hydrogen) atoms. The second-order valence-electron chi connectivity index (χ2n) is 6.55. The van der Waals surface area contributed by atoms with Crippen molar-refractivity contribution in [2.75, 3.05) is 0 Å². The summed E-state index contributed by atoms with van der Waals surface area (Å²) in [5, 5.41) is 10.9. The highest BCUT2D eigenvalue weighted by molar-refractivity contribution is 5.36. The van der Waals surface area contributed by atoms with Gasteiger partial charge in [-0.1, -0.05) is 19.9 Å². The van der Waals surface area contributed by atoms with Gasteiger partial charge in [0.05, 0.1) is 5.60 Å². The molecule has 0 radical (unpaired) electrons. The van der Waals surface area contributed by atoms with Crippen LogP contribution in [0, 0.1) is 31.5 Å². The fourth-order valence-corrected chi connectivity index (χ4v) is 3.54. The molecular weight excluding hydrogens is 239 g/mol. The lowest BCUT2D eigenvalue weighted by Crippen LogP contribution is -2.34. The third-order valence-corrected chi connectivity index (χ3v) is 4.70. The van der Waals surface area contributed by atoms with Gasteiger partial charge in [-0.25, -0.2) is 4.39 Å². The molecule has 0 unspecified atom stereocenters. The zero-order valence-corrected chi connectivity index (χ0v) is 12.5. The summed E-state index contributed by atoms with van der Waals surface area (Å²) >= 11 is 0. The molecule has 106 valence electrons. The fourth-order valence-electron chi connectivity index (χ4n) is 3.54. The van der Waals surface area contributed by atoms with Crippen molar-refractivity contribution in [3.63, 3.8) is 0 Å². The molecule has 1 N–H and O–H groups in total. The first-order valence-corrected chi connectivity index (χ1v) is 7.33. The van der Waals surface area contributed by atoms with E-state index in [2.05, 4.69) is 13.8 Å². The Bertz CT molecular complexity index is 433. The van der Waals surface area contributed by atoms with Gasteiger partial charge in [0, 0.05) is 5.56 Å². The topological polar surface area (TPSA) is 20.2 Å². The molecule has 1 saturated carbocycles. The first-order chi connectivity index (χ1) is 8.83. The van der Waals surface area contributed by atoms with E-state index in [9.17, 15) is 9.50 Å². The van der Waals surface area contributed by atoms with Crippen LogP contribution in [0.4, 0.5) is 4.39 Å². The van der Waals surface area contributed by atoms with Gasteiger partial charge in [-0.15, -0.1) is 0 Å². The Morgan fingerprint density at radius 1 is 1.21 bits per heavy atom. The molecule has 2 rings (SSSR count). The highest BCUT2D eigenvalue weighted by Gasteiger charge is 2.38. The molecule has 0 spiro atoms. The quantitative estimate of drug-likeness (QED) is 0.835. The number of hydrogen-bond acceptors (Lipinski definition) is 1. The van der Waals surface area contributed by atoms with Crippen molar-refractivity contribution in [2.45, 2.75) is 59.0 Å². The lowest BCUT2D eigenvalue weighted by Gasteiger charge is -2.38. The van der Waals surface area contributed by atoms with Gasteiger partial charge < -0.3 is 5.11 Å². The molecule has 1 aromatic rings. The Labute approximate surface area is 115 Å². The summed E-state index contributed by atoms with van der Waals surface area (Å²) in [7, 11) is 0. The van der Waals surface area contributed by atoms with Crippen molar-refractivity contribution in [3.05, 3.63) is 34.6 Å². The van der Waals surface area contributed by atoms with Crippen LogP contribution < -0.4 is 0 Å². The van der Waals surface area contributed by atoms with Gasteiger partial charge >= 0.3 is 0 Å². The van der Waals surface area contributed by atoms with Crippen LogP contribution in [0.15, 0.2) is 12.1 Å². The van der Waals surface area contributed by atoms with Crippen LogP contribution in [0.2, 0.25) is 0 Å². The number of hydrogen-bond donors (Lipinski definition) is 1. The van der Waals surface area contributed by atoms with Gasteiger partial charge in [-0.05, 0) is 68.6 Å². The van der Waals surface area contributed by atoms with Crippen LogP contribution in [-0.4, -0.2) is 5.11 Å². The SMILES string of the molecule is Cc1cc(C)c(C2(O)CCC(C(C)C)CC2)c(F)c1. The summed E-state index contributed by atoms with van der Waals surface area (Å²) in [4.78, 5) is 0. The Morgan fingerprint density at radius 3 is 2.26 bits per heavy atom. The molecule has 1 nitrogen and oxygen atoms in total. The van der Waals surface area contributed by atoms with E-state index in [-0.39, 0.29) is 5.82 Å². The van der Waals surface area contributed by atoms with E-state index in [0.29, 0.717) is 30.2 Å². The van der Waals surface area contributed by atoms with Gasteiger partial charge in [0.25, 0.3) is 0 Å². The average molecular weight is 264 g/mol. The van der Waals surface area contributed by atoms with Gasteiger partial charge in [0.15, 0.2) is 0 Å². The predicted molar refractivity (Wildman–Crippen MR) is 76.6 cm³/mol. The average Bonchev–Trinajstić information content (AvgIpc) is 2.27. The summed E-state index contributed by atoms with van der Waals surface area (Å²) in [5.41, 5.74) is 1.36. The van der Waals surface area contributed by atoms with E-state index in [0.717, 1.165) is 24.0 Å². The Balaban J connectivity index is 2.28. The molecule has 1 fully saturated rings. The number of aryl methyl sites for hydroxylation is 2. The fraction of sp³-hybridized carbons (Fsp3) is 0.647. The largest absolute Gasteiger partial charge is 0.385 e. The molecule has 0 amide bonds. The summed E-state index contributed by atoms with van der Waals surface area (Å²) in [6.07, 6.45) is 3.33. The summed E-state index contributed by atoms with van der Waals surface area (Å²) in [6.45, 7) is 8.25. The van der Waals surface area contributed by atoms with Gasteiger partial charge in [0.1, 0.15) is 5.82 Å². The molecule has 0 heterocycles. The third kappa shape index (κ3) is 2.84. The highest BCUT2D eigenvalue weighted by atomic mass is 19.1. The molecule has 0 atom stereocenters. The van der Waals surface area contributed by atoms with E-state index < -0.39 is 5.60 Å². The van der Waals surface area contributed by atoms with Gasteiger partial charge in [-0.2, -0.15) is 0 Å². The minimum atomic E-state index is -0.965. The molecular formula is C17H25FO. The lowest BCUT2D eigenvalue weighted by atomic mass is 9.71. The van der Waals surface area contributed by atoms with Crippen LogP contribution in [0.1, 0.15) is 56.2 Å². The van der Waals surface area contributed by atoms with Crippen LogP contribution in [-0.2, 0) is 5.60 Å². The van der Waals surface area contributed by atoms with Crippen LogP contribution in [0.3, 0.4) is 0 Å². The maximum Gasteiger partial charge on any atom is 0.129 e. The normalized spacial score (nSPS) is 27.8.